The molecule has 0 unspecified atom stereocenters. The molecule has 0 spiro atoms. The van der Waals surface area contributed by atoms with Crippen LogP contribution in [0.15, 0.2) is 12.1 Å². The topological polar surface area (TPSA) is 57.6 Å². The molecule has 1 aliphatic heterocycles. The molecular weight excluding hydrogens is 266 g/mol. The predicted octanol–water partition coefficient (Wildman–Crippen LogP) is 2.45. The van der Waals surface area contributed by atoms with Crippen LogP contribution in [0.2, 0.25) is 0 Å². The van der Waals surface area contributed by atoms with Crippen molar-refractivity contribution in [2.45, 2.75) is 45.6 Å². The Kier molecular flexibility index (Phi) is 3.57. The van der Waals surface area contributed by atoms with Crippen LogP contribution < -0.4 is 0 Å². The Hall–Kier alpha value is -1.68. The lowest BCUT2D eigenvalue weighted by Gasteiger charge is -2.28. The molecule has 4 heteroatoms. The Morgan fingerprint density at radius 2 is 1.48 bits per heavy atom. The van der Waals surface area contributed by atoms with Crippen LogP contribution in [0, 0.1) is 19.8 Å². The number of fused-ring (bicyclic) bond motifs is 1. The van der Waals surface area contributed by atoms with E-state index in [9.17, 15) is 14.7 Å². The molecule has 0 radical (unpaired) electrons. The van der Waals surface area contributed by atoms with E-state index in [1.807, 2.05) is 26.0 Å². The second kappa shape index (κ2) is 5.26. The third-order valence-corrected chi connectivity index (χ3v) is 4.80. The molecule has 1 saturated carbocycles. The summed E-state index contributed by atoms with van der Waals surface area (Å²) >= 11 is 0. The maximum atomic E-state index is 12.6. The second-order valence-corrected chi connectivity index (χ2v) is 6.34. The van der Waals surface area contributed by atoms with Gasteiger partial charge < -0.3 is 5.11 Å². The van der Waals surface area contributed by atoms with Crippen molar-refractivity contribution in [3.8, 4) is 0 Å². The summed E-state index contributed by atoms with van der Waals surface area (Å²) in [5, 5.41) is 9.56. The van der Waals surface area contributed by atoms with Gasteiger partial charge in [0.15, 0.2) is 0 Å². The van der Waals surface area contributed by atoms with Gasteiger partial charge in [0.05, 0.1) is 17.2 Å². The first-order chi connectivity index (χ1) is 9.99. The number of hydrogen-bond acceptors (Lipinski definition) is 3. The fourth-order valence-corrected chi connectivity index (χ4v) is 3.48. The second-order valence-electron chi connectivity index (χ2n) is 6.34. The highest BCUT2D eigenvalue weighted by Gasteiger charge is 2.39. The summed E-state index contributed by atoms with van der Waals surface area (Å²) in [4.78, 5) is 26.6. The number of aryl methyl sites for hydroxylation is 2. The largest absolute Gasteiger partial charge is 0.393 e. The minimum Gasteiger partial charge on any atom is -0.393 e. The van der Waals surface area contributed by atoms with Gasteiger partial charge in [-0.05, 0) is 56.6 Å². The summed E-state index contributed by atoms with van der Waals surface area (Å²) in [6, 6.07) is 3.81. The molecular formula is C17H21NO3. The number of amides is 2. The van der Waals surface area contributed by atoms with Crippen LogP contribution in [-0.4, -0.2) is 34.5 Å². The number of nitrogens with zero attached hydrogens (tertiary/aromatic N) is 1. The molecule has 2 aliphatic rings. The minimum atomic E-state index is -0.215. The zero-order valence-corrected chi connectivity index (χ0v) is 12.6. The van der Waals surface area contributed by atoms with Crippen molar-refractivity contribution in [2.75, 3.05) is 6.54 Å². The van der Waals surface area contributed by atoms with Crippen LogP contribution >= 0.6 is 0 Å². The fraction of sp³-hybridized carbons (Fsp3) is 0.529. The van der Waals surface area contributed by atoms with E-state index in [1.165, 1.54) is 4.90 Å². The number of carbonyl (C=O) groups excluding carboxylic acids is 2. The summed E-state index contributed by atoms with van der Waals surface area (Å²) < 4.78 is 0. The van der Waals surface area contributed by atoms with E-state index in [0.717, 1.165) is 36.8 Å². The quantitative estimate of drug-likeness (QED) is 0.850. The van der Waals surface area contributed by atoms with Crippen molar-refractivity contribution in [1.29, 1.82) is 0 Å². The van der Waals surface area contributed by atoms with E-state index in [4.69, 9.17) is 0 Å². The lowest BCUT2D eigenvalue weighted by molar-refractivity contribution is 0.0575. The van der Waals surface area contributed by atoms with Gasteiger partial charge >= 0.3 is 0 Å². The van der Waals surface area contributed by atoms with Crippen LogP contribution in [0.1, 0.15) is 57.5 Å². The summed E-state index contributed by atoms with van der Waals surface area (Å²) in [5.41, 5.74) is 2.90. The molecule has 0 bridgehead atoms. The Morgan fingerprint density at radius 3 is 1.95 bits per heavy atom. The van der Waals surface area contributed by atoms with Crippen molar-refractivity contribution in [3.05, 3.63) is 34.4 Å². The lowest BCUT2D eigenvalue weighted by Crippen LogP contribution is -2.36. The molecule has 1 N–H and O–H groups in total. The van der Waals surface area contributed by atoms with Crippen molar-refractivity contribution < 1.29 is 14.7 Å². The van der Waals surface area contributed by atoms with Gasteiger partial charge in [0.1, 0.15) is 0 Å². The molecule has 1 aromatic rings. The van der Waals surface area contributed by atoms with Crippen molar-refractivity contribution in [1.82, 2.24) is 4.90 Å². The van der Waals surface area contributed by atoms with Gasteiger partial charge in [0.2, 0.25) is 0 Å². The van der Waals surface area contributed by atoms with Gasteiger partial charge in [-0.1, -0.05) is 12.1 Å². The highest BCUT2D eigenvalue weighted by molar-refractivity contribution is 6.22. The smallest absolute Gasteiger partial charge is 0.261 e. The Labute approximate surface area is 124 Å². The average Bonchev–Trinajstić information content (AvgIpc) is 2.71. The minimum absolute atomic E-state index is 0.151. The van der Waals surface area contributed by atoms with E-state index in [1.54, 1.807) is 0 Å². The van der Waals surface area contributed by atoms with Crippen LogP contribution in [-0.2, 0) is 0 Å². The molecule has 2 amide bonds. The molecule has 21 heavy (non-hydrogen) atoms. The highest BCUT2D eigenvalue weighted by Crippen LogP contribution is 2.32. The molecule has 0 aromatic heterocycles. The van der Waals surface area contributed by atoms with E-state index in [-0.39, 0.29) is 17.9 Å². The Bertz CT molecular complexity index is 559. The van der Waals surface area contributed by atoms with Gasteiger partial charge in [0, 0.05) is 6.54 Å². The number of aliphatic hydroxyl groups is 1. The van der Waals surface area contributed by atoms with E-state index in [2.05, 4.69) is 0 Å². The Morgan fingerprint density at radius 1 is 1.00 bits per heavy atom. The standard InChI is InChI=1S/C17H21NO3/c1-10-3-4-11(2)15-14(10)16(20)18(17(15)21)9-12-5-7-13(19)8-6-12/h3-4,12-13,19H,5-9H2,1-2H3. The molecule has 0 atom stereocenters. The molecule has 1 aromatic carbocycles. The maximum absolute atomic E-state index is 12.6. The zero-order chi connectivity index (χ0) is 15.1. The first-order valence-electron chi connectivity index (χ1n) is 7.63. The van der Waals surface area contributed by atoms with E-state index >= 15 is 0 Å². The Balaban J connectivity index is 1.83. The SMILES string of the molecule is Cc1ccc(C)c2c1C(=O)N(CC1CCC(O)CC1)C2=O. The van der Waals surface area contributed by atoms with Gasteiger partial charge in [-0.3, -0.25) is 14.5 Å². The number of aliphatic hydroxyl groups excluding tert-OH is 1. The summed E-state index contributed by atoms with van der Waals surface area (Å²) in [6.45, 7) is 4.24. The zero-order valence-electron chi connectivity index (χ0n) is 12.6. The molecule has 1 aliphatic carbocycles. The number of hydrogen-bond donors (Lipinski definition) is 1. The number of rotatable bonds is 2. The van der Waals surface area contributed by atoms with Gasteiger partial charge in [-0.2, -0.15) is 0 Å². The molecule has 3 rings (SSSR count). The number of imide groups is 1. The number of carbonyl (C=O) groups is 2. The molecule has 112 valence electrons. The molecule has 1 fully saturated rings. The fourth-order valence-electron chi connectivity index (χ4n) is 3.48. The molecule has 4 nitrogen and oxygen atoms in total. The van der Waals surface area contributed by atoms with Gasteiger partial charge in [-0.25, -0.2) is 0 Å². The summed E-state index contributed by atoms with van der Waals surface area (Å²) in [7, 11) is 0. The van der Waals surface area contributed by atoms with Crippen molar-refractivity contribution in [2.24, 2.45) is 5.92 Å². The first kappa shape index (κ1) is 14.3. The monoisotopic (exact) mass is 287 g/mol. The maximum Gasteiger partial charge on any atom is 0.261 e. The van der Waals surface area contributed by atoms with Crippen LogP contribution in [0.5, 0.6) is 0 Å². The van der Waals surface area contributed by atoms with Crippen molar-refractivity contribution in [3.63, 3.8) is 0 Å². The van der Waals surface area contributed by atoms with E-state index in [0.29, 0.717) is 23.6 Å². The van der Waals surface area contributed by atoms with Crippen LogP contribution in [0.25, 0.3) is 0 Å². The third kappa shape index (κ3) is 2.38. The van der Waals surface area contributed by atoms with Crippen molar-refractivity contribution >= 4 is 11.8 Å². The van der Waals surface area contributed by atoms with Crippen LogP contribution in [0.4, 0.5) is 0 Å². The summed E-state index contributed by atoms with van der Waals surface area (Å²) in [6.07, 6.45) is 3.09. The average molecular weight is 287 g/mol. The highest BCUT2D eigenvalue weighted by atomic mass is 16.3. The van der Waals surface area contributed by atoms with Gasteiger partial charge in [0.25, 0.3) is 11.8 Å². The molecule has 0 saturated heterocycles. The first-order valence-corrected chi connectivity index (χ1v) is 7.63. The van der Waals surface area contributed by atoms with Gasteiger partial charge in [-0.15, -0.1) is 0 Å². The molecule has 1 heterocycles. The third-order valence-electron chi connectivity index (χ3n) is 4.80. The van der Waals surface area contributed by atoms with E-state index < -0.39 is 0 Å². The predicted molar refractivity (Wildman–Crippen MR) is 79.2 cm³/mol. The lowest BCUT2D eigenvalue weighted by atomic mass is 9.87. The normalized spacial score (nSPS) is 25.4. The summed E-state index contributed by atoms with van der Waals surface area (Å²) in [5.74, 6) is 0.0147. The van der Waals surface area contributed by atoms with Crippen LogP contribution in [0.3, 0.4) is 0 Å². The number of benzene rings is 1.